The van der Waals surface area contributed by atoms with Gasteiger partial charge >= 0.3 is 0 Å². The Hall–Kier alpha value is -2.53. The highest BCUT2D eigenvalue weighted by molar-refractivity contribution is 5.98. The highest BCUT2D eigenvalue weighted by atomic mass is 35.5. The lowest BCUT2D eigenvalue weighted by molar-refractivity contribution is -0.121. The van der Waals surface area contributed by atoms with Crippen LogP contribution in [0.2, 0.25) is 0 Å². The van der Waals surface area contributed by atoms with Crippen molar-refractivity contribution in [2.45, 2.75) is 12.3 Å². The van der Waals surface area contributed by atoms with Crippen LogP contribution in [0, 0.1) is 5.41 Å². The molecule has 1 amide bonds. The first kappa shape index (κ1) is 18.5. The summed E-state index contributed by atoms with van der Waals surface area (Å²) in [5.41, 5.74) is 7.17. The Balaban J connectivity index is 0.00000264. The molecular formula is C17H20ClN3O2. The largest absolute Gasteiger partial charge is 0.497 e. The summed E-state index contributed by atoms with van der Waals surface area (Å²) in [6.45, 7) is 0. The summed E-state index contributed by atoms with van der Waals surface area (Å²) in [6, 6.07) is 17.1. The molecule has 0 aliphatic carbocycles. The van der Waals surface area contributed by atoms with Gasteiger partial charge in [-0.05, 0) is 29.7 Å². The number of carbonyl (C=O) groups is 1. The van der Waals surface area contributed by atoms with Crippen molar-refractivity contribution in [3.63, 3.8) is 0 Å². The quantitative estimate of drug-likeness (QED) is 0.580. The smallest absolute Gasteiger partial charge is 0.234 e. The summed E-state index contributed by atoms with van der Waals surface area (Å²) >= 11 is 0. The molecule has 0 aromatic heterocycles. The summed E-state index contributed by atoms with van der Waals surface area (Å²) in [5, 5.41) is 9.63. The summed E-state index contributed by atoms with van der Waals surface area (Å²) in [5.74, 6) is -0.329. The van der Waals surface area contributed by atoms with Gasteiger partial charge in [0, 0.05) is 0 Å². The number of ether oxygens (including phenoxy) is 1. The summed E-state index contributed by atoms with van der Waals surface area (Å²) in [6.07, 6.45) is 0.534. The number of halogens is 1. The van der Waals surface area contributed by atoms with E-state index in [2.05, 4.69) is 5.32 Å². The fraction of sp³-hybridized carbons (Fsp3) is 0.176. The number of guanidine groups is 1. The van der Waals surface area contributed by atoms with Crippen molar-refractivity contribution in [2.24, 2.45) is 5.73 Å². The number of nitrogens with one attached hydrogen (secondary N) is 2. The van der Waals surface area contributed by atoms with Gasteiger partial charge < -0.3 is 10.5 Å². The highest BCUT2D eigenvalue weighted by Gasteiger charge is 2.21. The van der Waals surface area contributed by atoms with Crippen molar-refractivity contribution < 1.29 is 9.53 Å². The predicted octanol–water partition coefficient (Wildman–Crippen LogP) is 2.45. The summed E-state index contributed by atoms with van der Waals surface area (Å²) < 4.78 is 5.14. The van der Waals surface area contributed by atoms with Crippen molar-refractivity contribution >= 4 is 24.3 Å². The third-order valence-electron chi connectivity index (χ3n) is 3.38. The van der Waals surface area contributed by atoms with E-state index >= 15 is 0 Å². The average molecular weight is 334 g/mol. The van der Waals surface area contributed by atoms with Gasteiger partial charge in [0.1, 0.15) is 5.75 Å². The summed E-state index contributed by atoms with van der Waals surface area (Å²) in [7, 11) is 1.60. The van der Waals surface area contributed by atoms with Crippen LogP contribution in [-0.4, -0.2) is 19.0 Å². The summed E-state index contributed by atoms with van der Waals surface area (Å²) in [4.78, 5) is 12.3. The molecule has 0 spiro atoms. The maximum Gasteiger partial charge on any atom is 0.234 e. The zero-order valence-corrected chi connectivity index (χ0v) is 13.6. The fourth-order valence-electron chi connectivity index (χ4n) is 2.27. The standard InChI is InChI=1S/C17H19N3O2.ClH/c1-22-14-9-7-13(8-10-14)15(16(21)20-17(18)19)11-12-5-3-2-4-6-12;/h2-10,15H,11H2,1H3,(H4,18,19,20,21);1H. The van der Waals surface area contributed by atoms with E-state index in [0.717, 1.165) is 16.9 Å². The molecule has 2 aromatic carbocycles. The zero-order valence-electron chi connectivity index (χ0n) is 12.8. The number of rotatable bonds is 5. The van der Waals surface area contributed by atoms with E-state index in [1.54, 1.807) is 7.11 Å². The average Bonchev–Trinajstić information content (AvgIpc) is 2.53. The number of methoxy groups -OCH3 is 1. The molecular weight excluding hydrogens is 314 g/mol. The number of nitrogens with two attached hydrogens (primary N) is 1. The SMILES string of the molecule is COc1ccc(C(Cc2ccccc2)C(=O)NC(=N)N)cc1.Cl. The molecule has 0 fully saturated rings. The molecule has 122 valence electrons. The molecule has 23 heavy (non-hydrogen) atoms. The van der Waals surface area contributed by atoms with Gasteiger partial charge in [-0.2, -0.15) is 0 Å². The van der Waals surface area contributed by atoms with E-state index in [4.69, 9.17) is 15.9 Å². The monoisotopic (exact) mass is 333 g/mol. The first-order valence-corrected chi connectivity index (χ1v) is 6.93. The second-order valence-electron chi connectivity index (χ2n) is 4.92. The van der Waals surface area contributed by atoms with Crippen LogP contribution >= 0.6 is 12.4 Å². The van der Waals surface area contributed by atoms with E-state index < -0.39 is 5.92 Å². The van der Waals surface area contributed by atoms with E-state index in [1.807, 2.05) is 54.6 Å². The van der Waals surface area contributed by atoms with E-state index in [-0.39, 0.29) is 24.3 Å². The van der Waals surface area contributed by atoms with Crippen molar-refractivity contribution in [1.29, 1.82) is 5.41 Å². The van der Waals surface area contributed by atoms with Gasteiger partial charge in [-0.15, -0.1) is 12.4 Å². The zero-order chi connectivity index (χ0) is 15.9. The molecule has 0 saturated carbocycles. The van der Waals surface area contributed by atoms with Gasteiger partial charge in [0.05, 0.1) is 13.0 Å². The van der Waals surface area contributed by atoms with Crippen molar-refractivity contribution in [2.75, 3.05) is 7.11 Å². The third-order valence-corrected chi connectivity index (χ3v) is 3.38. The fourth-order valence-corrected chi connectivity index (χ4v) is 2.27. The molecule has 6 heteroatoms. The minimum absolute atomic E-state index is 0. The van der Waals surface area contributed by atoms with Crippen LogP contribution < -0.4 is 15.8 Å². The van der Waals surface area contributed by atoms with Crippen LogP contribution in [0.15, 0.2) is 54.6 Å². The molecule has 1 atom stereocenters. The van der Waals surface area contributed by atoms with Crippen molar-refractivity contribution in [1.82, 2.24) is 5.32 Å². The number of benzene rings is 2. The molecule has 4 N–H and O–H groups in total. The third kappa shape index (κ3) is 5.30. The van der Waals surface area contributed by atoms with Crippen LogP contribution in [0.3, 0.4) is 0 Å². The first-order valence-electron chi connectivity index (χ1n) is 6.93. The predicted molar refractivity (Wildman–Crippen MR) is 93.2 cm³/mol. The molecule has 2 aromatic rings. The Morgan fingerprint density at radius 3 is 2.30 bits per heavy atom. The van der Waals surface area contributed by atoms with Crippen molar-refractivity contribution in [3.8, 4) is 5.75 Å². The first-order chi connectivity index (χ1) is 10.6. The lowest BCUT2D eigenvalue weighted by Crippen LogP contribution is -2.39. The second-order valence-corrected chi connectivity index (χ2v) is 4.92. The molecule has 5 nitrogen and oxygen atoms in total. The number of carbonyl (C=O) groups excluding carboxylic acids is 1. The minimum atomic E-state index is -0.419. The molecule has 0 heterocycles. The van der Waals surface area contributed by atoms with Gasteiger partial charge in [-0.25, -0.2) is 0 Å². The Kier molecular flexibility index (Phi) is 7.09. The van der Waals surface area contributed by atoms with E-state index in [9.17, 15) is 4.79 Å². The normalized spacial score (nSPS) is 11.0. The van der Waals surface area contributed by atoms with Gasteiger partial charge in [0.15, 0.2) is 5.96 Å². The van der Waals surface area contributed by atoms with Gasteiger partial charge in [-0.3, -0.25) is 15.5 Å². The van der Waals surface area contributed by atoms with Gasteiger partial charge in [-0.1, -0.05) is 42.5 Å². The van der Waals surface area contributed by atoms with E-state index in [1.165, 1.54) is 0 Å². The topological polar surface area (TPSA) is 88.2 Å². The van der Waals surface area contributed by atoms with Crippen LogP contribution in [0.5, 0.6) is 5.75 Å². The highest BCUT2D eigenvalue weighted by Crippen LogP contribution is 2.23. The lowest BCUT2D eigenvalue weighted by Gasteiger charge is -2.17. The number of hydrogen-bond donors (Lipinski definition) is 3. The molecule has 0 bridgehead atoms. The van der Waals surface area contributed by atoms with Crippen molar-refractivity contribution in [3.05, 3.63) is 65.7 Å². The second kappa shape index (κ2) is 8.80. The van der Waals surface area contributed by atoms with Gasteiger partial charge in [0.2, 0.25) is 5.91 Å². The molecule has 1 unspecified atom stereocenters. The molecule has 0 aliphatic rings. The maximum atomic E-state index is 12.3. The Morgan fingerprint density at radius 1 is 1.17 bits per heavy atom. The van der Waals surface area contributed by atoms with Crippen LogP contribution in [0.25, 0.3) is 0 Å². The Labute approximate surface area is 141 Å². The van der Waals surface area contributed by atoms with Crippen LogP contribution in [0.1, 0.15) is 17.0 Å². The Bertz CT molecular complexity index is 645. The Morgan fingerprint density at radius 2 is 1.78 bits per heavy atom. The van der Waals surface area contributed by atoms with Crippen LogP contribution in [0.4, 0.5) is 0 Å². The molecule has 0 radical (unpaired) electrons. The van der Waals surface area contributed by atoms with Gasteiger partial charge in [0.25, 0.3) is 0 Å². The molecule has 2 rings (SSSR count). The van der Waals surface area contributed by atoms with E-state index in [0.29, 0.717) is 6.42 Å². The number of amides is 1. The molecule has 0 aliphatic heterocycles. The minimum Gasteiger partial charge on any atom is -0.497 e. The lowest BCUT2D eigenvalue weighted by atomic mass is 9.91. The molecule has 0 saturated heterocycles. The number of hydrogen-bond acceptors (Lipinski definition) is 3. The maximum absolute atomic E-state index is 12.3. The van der Waals surface area contributed by atoms with Crippen LogP contribution in [-0.2, 0) is 11.2 Å².